The van der Waals surface area contributed by atoms with Crippen molar-refractivity contribution in [1.29, 1.82) is 0 Å². The van der Waals surface area contributed by atoms with Gasteiger partial charge in [-0.3, -0.25) is 9.59 Å². The molecule has 252 valence electrons. The van der Waals surface area contributed by atoms with Crippen molar-refractivity contribution in [3.8, 4) is 17.3 Å². The lowest BCUT2D eigenvalue weighted by Crippen LogP contribution is -2.41. The van der Waals surface area contributed by atoms with Gasteiger partial charge in [0.2, 0.25) is 5.82 Å². The molecule has 0 radical (unpaired) electrons. The number of likely N-dealkylation sites (tertiary alicyclic amines) is 2. The molecule has 2 saturated heterocycles. The molecule has 0 spiro atoms. The molecular formula is C37H41N9O3. The first-order valence-electron chi connectivity index (χ1n) is 17.6. The molecule has 2 saturated carbocycles. The van der Waals surface area contributed by atoms with Crippen LogP contribution < -0.4 is 10.5 Å². The van der Waals surface area contributed by atoms with Gasteiger partial charge < -0.3 is 29.4 Å². The number of carbonyl (C=O) groups is 2. The van der Waals surface area contributed by atoms with Crippen LogP contribution in [0.5, 0.6) is 5.75 Å². The van der Waals surface area contributed by atoms with Gasteiger partial charge in [-0.05, 0) is 92.7 Å². The second-order valence-corrected chi connectivity index (χ2v) is 14.3. The van der Waals surface area contributed by atoms with Gasteiger partial charge in [-0.25, -0.2) is 19.9 Å². The number of nitrogens with two attached hydrogens (primary N) is 1. The lowest BCUT2D eigenvalue weighted by Gasteiger charge is -2.32. The summed E-state index contributed by atoms with van der Waals surface area (Å²) in [6, 6.07) is 12.0. The normalized spacial score (nSPS) is 22.4. The molecule has 2 N–H and O–H groups in total. The highest BCUT2D eigenvalue weighted by molar-refractivity contribution is 6.00. The molecule has 4 aliphatic rings. The lowest BCUT2D eigenvalue weighted by molar-refractivity contribution is 0.0669. The molecule has 2 aliphatic heterocycles. The molecule has 2 amide bonds. The fraction of sp³-hybridized carbons (Fsp3) is 0.459. The molecule has 6 heterocycles. The number of piperidine rings is 2. The Bertz CT molecular complexity index is 2060. The summed E-state index contributed by atoms with van der Waals surface area (Å²) in [6.07, 6.45) is 11.2. The van der Waals surface area contributed by atoms with Crippen molar-refractivity contribution in [3.05, 3.63) is 66.4 Å². The Balaban J connectivity index is 1.11. The van der Waals surface area contributed by atoms with Crippen molar-refractivity contribution in [2.24, 2.45) is 23.5 Å². The zero-order valence-electron chi connectivity index (χ0n) is 27.7. The number of hydrogen-bond acceptors (Lipinski definition) is 8. The van der Waals surface area contributed by atoms with Crippen LogP contribution in [0.25, 0.3) is 33.6 Å². The van der Waals surface area contributed by atoms with E-state index in [9.17, 15) is 9.59 Å². The molecule has 12 heteroatoms. The van der Waals surface area contributed by atoms with Gasteiger partial charge in [0.1, 0.15) is 16.9 Å². The van der Waals surface area contributed by atoms with Gasteiger partial charge in [-0.15, -0.1) is 0 Å². The topological polar surface area (TPSA) is 137 Å². The molecule has 3 atom stereocenters. The number of pyridine rings is 1. The third-order valence-electron chi connectivity index (χ3n) is 11.3. The van der Waals surface area contributed by atoms with Crippen molar-refractivity contribution in [3.63, 3.8) is 0 Å². The highest BCUT2D eigenvalue weighted by Crippen LogP contribution is 2.41. The molecule has 9 rings (SSSR count). The van der Waals surface area contributed by atoms with Gasteiger partial charge in [0.25, 0.3) is 11.8 Å². The summed E-state index contributed by atoms with van der Waals surface area (Å²) in [5.74, 6) is 2.87. The molecular weight excluding hydrogens is 618 g/mol. The molecule has 4 aromatic heterocycles. The average Bonchev–Trinajstić information content (AvgIpc) is 3.51. The predicted octanol–water partition coefficient (Wildman–Crippen LogP) is 4.38. The van der Waals surface area contributed by atoms with Crippen LogP contribution in [0, 0.1) is 17.8 Å². The molecule has 5 aromatic rings. The fourth-order valence-corrected chi connectivity index (χ4v) is 8.47. The van der Waals surface area contributed by atoms with E-state index >= 15 is 0 Å². The third-order valence-corrected chi connectivity index (χ3v) is 11.3. The van der Waals surface area contributed by atoms with Crippen molar-refractivity contribution in [1.82, 2.24) is 38.9 Å². The highest BCUT2D eigenvalue weighted by Gasteiger charge is 2.47. The Kier molecular flexibility index (Phi) is 7.37. The minimum Gasteiger partial charge on any atom is -0.494 e. The summed E-state index contributed by atoms with van der Waals surface area (Å²) in [5, 5.41) is 1.08. The van der Waals surface area contributed by atoms with E-state index in [0.717, 1.165) is 65.8 Å². The van der Waals surface area contributed by atoms with Crippen LogP contribution >= 0.6 is 0 Å². The summed E-state index contributed by atoms with van der Waals surface area (Å²) >= 11 is 0. The van der Waals surface area contributed by atoms with Crippen LogP contribution in [0.2, 0.25) is 0 Å². The van der Waals surface area contributed by atoms with E-state index in [1.165, 1.54) is 12.8 Å². The largest absolute Gasteiger partial charge is 0.494 e. The third kappa shape index (κ3) is 5.24. The Morgan fingerprint density at radius 2 is 1.63 bits per heavy atom. The number of hydrogen-bond donors (Lipinski definition) is 1. The van der Waals surface area contributed by atoms with Crippen LogP contribution in [0.15, 0.2) is 55.0 Å². The number of carbonyl (C=O) groups excluding carboxylic acids is 2. The first kappa shape index (κ1) is 30.2. The van der Waals surface area contributed by atoms with E-state index in [1.807, 2.05) is 34.2 Å². The van der Waals surface area contributed by atoms with Crippen LogP contribution in [0.1, 0.15) is 59.5 Å². The minimum absolute atomic E-state index is 0.00886. The number of benzene rings is 1. The van der Waals surface area contributed by atoms with E-state index in [1.54, 1.807) is 25.6 Å². The molecule has 2 aliphatic carbocycles. The molecule has 1 aromatic carbocycles. The van der Waals surface area contributed by atoms with Crippen LogP contribution in [0.3, 0.4) is 0 Å². The summed E-state index contributed by atoms with van der Waals surface area (Å²) in [6.45, 7) is 3.55. The van der Waals surface area contributed by atoms with Gasteiger partial charge in [0, 0.05) is 74.3 Å². The smallest absolute Gasteiger partial charge is 0.291 e. The molecule has 2 bridgehead atoms. The fourth-order valence-electron chi connectivity index (χ4n) is 8.47. The number of amides is 2. The molecule has 12 nitrogen and oxygen atoms in total. The van der Waals surface area contributed by atoms with E-state index in [4.69, 9.17) is 20.4 Å². The number of nitrogens with zero attached hydrogens (tertiary/aromatic N) is 8. The number of imidazole rings is 1. The molecule has 2 unspecified atom stereocenters. The van der Waals surface area contributed by atoms with Crippen LogP contribution in [-0.2, 0) is 13.1 Å². The quantitative estimate of drug-likeness (QED) is 0.259. The summed E-state index contributed by atoms with van der Waals surface area (Å²) < 4.78 is 10.7. The zero-order valence-corrected chi connectivity index (χ0v) is 27.7. The Labute approximate surface area is 284 Å². The minimum atomic E-state index is -0.129. The summed E-state index contributed by atoms with van der Waals surface area (Å²) in [5.41, 5.74) is 10.6. The molecule has 49 heavy (non-hydrogen) atoms. The first-order valence-corrected chi connectivity index (χ1v) is 17.6. The summed E-state index contributed by atoms with van der Waals surface area (Å²) in [4.78, 5) is 49.4. The number of fused-ring (bicyclic) bond motifs is 4. The number of aromatic nitrogens is 6. The van der Waals surface area contributed by atoms with E-state index < -0.39 is 0 Å². The van der Waals surface area contributed by atoms with Gasteiger partial charge >= 0.3 is 0 Å². The second-order valence-electron chi connectivity index (χ2n) is 14.3. The second kappa shape index (κ2) is 11.9. The number of rotatable bonds is 8. The van der Waals surface area contributed by atoms with Gasteiger partial charge in [0.15, 0.2) is 5.82 Å². The Hall–Kier alpha value is -4.84. The maximum absolute atomic E-state index is 14.0. The van der Waals surface area contributed by atoms with Crippen molar-refractivity contribution in [2.45, 2.75) is 63.7 Å². The van der Waals surface area contributed by atoms with Crippen molar-refractivity contribution in [2.75, 3.05) is 26.7 Å². The number of ether oxygens (including phenoxy) is 1. The van der Waals surface area contributed by atoms with Gasteiger partial charge in [-0.1, -0.05) is 0 Å². The average molecular weight is 660 g/mol. The van der Waals surface area contributed by atoms with E-state index in [0.29, 0.717) is 55.2 Å². The Morgan fingerprint density at radius 1 is 0.878 bits per heavy atom. The van der Waals surface area contributed by atoms with Crippen LogP contribution in [0.4, 0.5) is 0 Å². The molecule has 4 fully saturated rings. The monoisotopic (exact) mass is 659 g/mol. The van der Waals surface area contributed by atoms with E-state index in [-0.39, 0.29) is 29.7 Å². The lowest BCUT2D eigenvalue weighted by atomic mass is 9.96. The van der Waals surface area contributed by atoms with Crippen molar-refractivity contribution < 1.29 is 14.3 Å². The maximum atomic E-state index is 14.0. The SMILES string of the molecule is COc1cc(C(=O)N2CC3CCC2[C@@H]3N)cc2nc(-c3cc4cccnc4n3CC3CC3)n(CC3CCN(C(=O)c4ncccn4)CC3)c12. The predicted molar refractivity (Wildman–Crippen MR) is 184 cm³/mol. The maximum Gasteiger partial charge on any atom is 0.291 e. The highest BCUT2D eigenvalue weighted by atomic mass is 16.5. The van der Waals surface area contributed by atoms with E-state index in [2.05, 4.69) is 31.2 Å². The van der Waals surface area contributed by atoms with Gasteiger partial charge in [-0.2, -0.15) is 0 Å². The standard InChI is InChI=1S/C37H41N9O3/c1-49-30-18-26(36(47)45-21-25-7-8-28(45)31(25)38)16-27-32(30)46(20-23-9-14-43(15-10-23)37(48)33-39-12-3-13-40-33)35(42-27)29-17-24-4-2-11-41-34(24)44(29)19-22-5-6-22/h2-4,11-13,16-18,22-23,25,28,31H,5-10,14-15,19-21,38H2,1H3/t25?,28?,31-/m1/s1. The number of methoxy groups -OCH3 is 1. The first-order chi connectivity index (χ1) is 24.0. The van der Waals surface area contributed by atoms with Crippen molar-refractivity contribution >= 4 is 33.9 Å². The zero-order chi connectivity index (χ0) is 33.2. The van der Waals surface area contributed by atoms with Crippen LogP contribution in [-0.4, -0.2) is 89.5 Å². The Morgan fingerprint density at radius 3 is 2.35 bits per heavy atom. The van der Waals surface area contributed by atoms with Gasteiger partial charge in [0.05, 0.1) is 18.3 Å². The summed E-state index contributed by atoms with van der Waals surface area (Å²) in [7, 11) is 1.66.